The Kier molecular flexibility index (Phi) is 6.16. The van der Waals surface area contributed by atoms with Crippen LogP contribution in [0.5, 0.6) is 0 Å². The molecular formula is C20H22N2O5. The summed E-state index contributed by atoms with van der Waals surface area (Å²) in [5, 5.41) is 14.2. The molecule has 1 heterocycles. The number of hydrogen-bond donors (Lipinski definition) is 1. The molecule has 0 unspecified atom stereocenters. The number of hydrogen-bond acceptors (Lipinski definition) is 6. The SMILES string of the molecule is O=C(OCc1ccccc1)[C@H](Cc1ccccc1)NC1(C[N+](=O)[O-])COC1. The molecule has 0 aliphatic carbocycles. The molecule has 1 N–H and O–H groups in total. The van der Waals surface area contributed by atoms with Crippen molar-refractivity contribution >= 4 is 5.97 Å². The topological polar surface area (TPSA) is 90.7 Å². The summed E-state index contributed by atoms with van der Waals surface area (Å²) in [4.78, 5) is 23.4. The van der Waals surface area contributed by atoms with Gasteiger partial charge in [-0.2, -0.15) is 0 Å². The van der Waals surface area contributed by atoms with Crippen LogP contribution in [0.25, 0.3) is 0 Å². The Morgan fingerprint density at radius 1 is 1.11 bits per heavy atom. The number of nitrogens with one attached hydrogen (secondary N) is 1. The summed E-state index contributed by atoms with van der Waals surface area (Å²) in [6, 6.07) is 18.2. The Balaban J connectivity index is 1.70. The summed E-state index contributed by atoms with van der Waals surface area (Å²) < 4.78 is 10.6. The molecule has 7 nitrogen and oxygen atoms in total. The molecule has 0 bridgehead atoms. The highest BCUT2D eigenvalue weighted by molar-refractivity contribution is 5.76. The van der Waals surface area contributed by atoms with E-state index in [0.717, 1.165) is 11.1 Å². The molecule has 3 rings (SSSR count). The van der Waals surface area contributed by atoms with Crippen molar-refractivity contribution in [1.82, 2.24) is 5.32 Å². The van der Waals surface area contributed by atoms with Crippen molar-refractivity contribution in [3.05, 3.63) is 81.9 Å². The van der Waals surface area contributed by atoms with E-state index in [4.69, 9.17) is 9.47 Å². The maximum atomic E-state index is 12.7. The largest absolute Gasteiger partial charge is 0.460 e. The lowest BCUT2D eigenvalue weighted by atomic mass is 9.94. The van der Waals surface area contributed by atoms with Gasteiger partial charge in [-0.25, -0.2) is 0 Å². The zero-order valence-electron chi connectivity index (χ0n) is 14.9. The van der Waals surface area contributed by atoms with E-state index >= 15 is 0 Å². The van der Waals surface area contributed by atoms with E-state index in [0.29, 0.717) is 6.42 Å². The van der Waals surface area contributed by atoms with Crippen molar-refractivity contribution in [1.29, 1.82) is 0 Å². The molecule has 2 aromatic rings. The van der Waals surface area contributed by atoms with Crippen LogP contribution in [-0.4, -0.2) is 42.2 Å². The van der Waals surface area contributed by atoms with Gasteiger partial charge in [-0.1, -0.05) is 60.7 Å². The van der Waals surface area contributed by atoms with Crippen molar-refractivity contribution in [2.24, 2.45) is 0 Å². The van der Waals surface area contributed by atoms with Crippen molar-refractivity contribution in [2.45, 2.75) is 24.6 Å². The second-order valence-corrected chi connectivity index (χ2v) is 6.74. The standard InChI is InChI=1S/C20H22N2O5/c23-19(27-12-17-9-5-2-6-10-17)18(11-16-7-3-1-4-8-16)21-20(13-22(24)25)14-26-15-20/h1-10,18,21H,11-15H2/t18-/m0/s1. The summed E-state index contributed by atoms with van der Waals surface area (Å²) in [7, 11) is 0. The molecule has 27 heavy (non-hydrogen) atoms. The maximum Gasteiger partial charge on any atom is 0.323 e. The smallest absolute Gasteiger partial charge is 0.323 e. The van der Waals surface area contributed by atoms with E-state index < -0.39 is 17.6 Å². The van der Waals surface area contributed by atoms with Crippen LogP contribution < -0.4 is 5.32 Å². The molecular weight excluding hydrogens is 348 g/mol. The number of nitro groups is 1. The van der Waals surface area contributed by atoms with Crippen molar-refractivity contribution in [3.63, 3.8) is 0 Å². The average Bonchev–Trinajstić information content (AvgIpc) is 2.65. The molecule has 0 spiro atoms. The van der Waals surface area contributed by atoms with Gasteiger partial charge in [0.15, 0.2) is 0 Å². The van der Waals surface area contributed by atoms with Crippen molar-refractivity contribution in [2.75, 3.05) is 19.8 Å². The molecule has 142 valence electrons. The van der Waals surface area contributed by atoms with Gasteiger partial charge < -0.3 is 9.47 Å². The van der Waals surface area contributed by atoms with E-state index in [1.807, 2.05) is 60.7 Å². The monoisotopic (exact) mass is 370 g/mol. The van der Waals surface area contributed by atoms with Gasteiger partial charge in [0.2, 0.25) is 6.54 Å². The quantitative estimate of drug-likeness (QED) is 0.412. The Labute approximate surface area is 157 Å². The molecule has 0 amide bonds. The molecule has 7 heteroatoms. The van der Waals surface area contributed by atoms with E-state index in [2.05, 4.69) is 5.32 Å². The second kappa shape index (κ2) is 8.75. The van der Waals surface area contributed by atoms with Gasteiger partial charge in [0.1, 0.15) is 18.2 Å². The van der Waals surface area contributed by atoms with Crippen LogP contribution in [0.15, 0.2) is 60.7 Å². The lowest BCUT2D eigenvalue weighted by Gasteiger charge is -2.40. The highest BCUT2D eigenvalue weighted by atomic mass is 16.6. The number of nitrogens with zero attached hydrogens (tertiary/aromatic N) is 1. The van der Waals surface area contributed by atoms with Gasteiger partial charge >= 0.3 is 5.97 Å². The van der Waals surface area contributed by atoms with Crippen molar-refractivity contribution in [3.8, 4) is 0 Å². The average molecular weight is 370 g/mol. The summed E-state index contributed by atoms with van der Waals surface area (Å²) in [5.74, 6) is -0.433. The summed E-state index contributed by atoms with van der Waals surface area (Å²) >= 11 is 0. The minimum atomic E-state index is -0.839. The predicted octanol–water partition coefficient (Wildman–Crippen LogP) is 1.98. The van der Waals surface area contributed by atoms with E-state index in [1.54, 1.807) is 0 Å². The summed E-state index contributed by atoms with van der Waals surface area (Å²) in [6.07, 6.45) is 0.383. The van der Waals surface area contributed by atoms with Gasteiger partial charge in [-0.15, -0.1) is 0 Å². The van der Waals surface area contributed by atoms with Crippen LogP contribution in [0, 0.1) is 10.1 Å². The number of esters is 1. The molecule has 0 radical (unpaired) electrons. The van der Waals surface area contributed by atoms with Gasteiger partial charge in [0, 0.05) is 4.92 Å². The normalized spacial score (nSPS) is 16.1. The van der Waals surface area contributed by atoms with Gasteiger partial charge in [0.05, 0.1) is 13.2 Å². The number of rotatable bonds is 9. The van der Waals surface area contributed by atoms with Crippen LogP contribution in [0.2, 0.25) is 0 Å². The number of carbonyl (C=O) groups excluding carboxylic acids is 1. The third kappa shape index (κ3) is 5.35. The van der Waals surface area contributed by atoms with Crippen molar-refractivity contribution < 1.29 is 19.2 Å². The van der Waals surface area contributed by atoms with Crippen LogP contribution >= 0.6 is 0 Å². The van der Waals surface area contributed by atoms with E-state index in [-0.39, 0.29) is 31.3 Å². The van der Waals surface area contributed by atoms with Crippen LogP contribution in [0.1, 0.15) is 11.1 Å². The Bertz CT molecular complexity index is 762. The predicted molar refractivity (Wildman–Crippen MR) is 98.7 cm³/mol. The zero-order valence-corrected chi connectivity index (χ0v) is 14.9. The first kappa shape index (κ1) is 19.0. The fraction of sp³-hybridized carbons (Fsp3) is 0.350. The Morgan fingerprint density at radius 2 is 1.70 bits per heavy atom. The first-order chi connectivity index (χ1) is 13.1. The lowest BCUT2D eigenvalue weighted by molar-refractivity contribution is -0.498. The number of benzene rings is 2. The van der Waals surface area contributed by atoms with Crippen LogP contribution in [0.4, 0.5) is 0 Å². The first-order valence-corrected chi connectivity index (χ1v) is 8.78. The highest BCUT2D eigenvalue weighted by Gasteiger charge is 2.46. The third-order valence-electron chi connectivity index (χ3n) is 4.46. The second-order valence-electron chi connectivity index (χ2n) is 6.74. The fourth-order valence-electron chi connectivity index (χ4n) is 3.06. The third-order valence-corrected chi connectivity index (χ3v) is 4.46. The molecule has 1 atom stereocenters. The molecule has 0 aromatic heterocycles. The van der Waals surface area contributed by atoms with E-state index in [9.17, 15) is 14.9 Å². The minimum absolute atomic E-state index is 0.158. The molecule has 1 aliphatic heterocycles. The summed E-state index contributed by atoms with van der Waals surface area (Å²) in [6.45, 7) is 0.256. The molecule has 2 aromatic carbocycles. The van der Waals surface area contributed by atoms with E-state index in [1.165, 1.54) is 0 Å². The fourth-order valence-corrected chi connectivity index (χ4v) is 3.06. The minimum Gasteiger partial charge on any atom is -0.460 e. The summed E-state index contributed by atoms with van der Waals surface area (Å²) in [5.41, 5.74) is 0.994. The lowest BCUT2D eigenvalue weighted by Crippen LogP contribution is -2.68. The molecule has 1 aliphatic rings. The van der Waals surface area contributed by atoms with Gasteiger partial charge in [0.25, 0.3) is 0 Å². The van der Waals surface area contributed by atoms with Gasteiger partial charge in [-0.05, 0) is 17.5 Å². The molecule has 1 saturated heterocycles. The van der Waals surface area contributed by atoms with Gasteiger partial charge in [-0.3, -0.25) is 20.2 Å². The number of ether oxygens (including phenoxy) is 2. The van der Waals surface area contributed by atoms with Crippen LogP contribution in [0.3, 0.4) is 0 Å². The Hall–Kier alpha value is -2.77. The zero-order chi connectivity index (χ0) is 19.1. The molecule has 1 fully saturated rings. The van der Waals surface area contributed by atoms with Crippen LogP contribution in [-0.2, 0) is 27.3 Å². The number of carbonyl (C=O) groups is 1. The highest BCUT2D eigenvalue weighted by Crippen LogP contribution is 2.20. The maximum absolute atomic E-state index is 12.7. The molecule has 0 saturated carbocycles. The Morgan fingerprint density at radius 3 is 2.22 bits per heavy atom. The first-order valence-electron chi connectivity index (χ1n) is 8.78.